The molecule has 9 heteroatoms. The summed E-state index contributed by atoms with van der Waals surface area (Å²) < 4.78 is 23.1. The lowest BCUT2D eigenvalue weighted by atomic mass is 10.0. The van der Waals surface area contributed by atoms with Gasteiger partial charge in [0, 0.05) is 6.42 Å². The van der Waals surface area contributed by atoms with Crippen LogP contribution in [0.4, 0.5) is 0 Å². The number of hydrogen-bond donors (Lipinski definition) is 2. The van der Waals surface area contributed by atoms with Crippen molar-refractivity contribution in [1.82, 2.24) is 5.32 Å². The Balaban J connectivity index is 4.41. The van der Waals surface area contributed by atoms with Crippen LogP contribution in [0.2, 0.25) is 0 Å². The summed E-state index contributed by atoms with van der Waals surface area (Å²) >= 11 is 0. The Morgan fingerprint density at radius 1 is 0.642 bits per heavy atom. The predicted octanol–water partition coefficient (Wildman–Crippen LogP) is 11.3. The average molecular weight is 769 g/mol. The molecule has 0 aromatic rings. The number of phosphoric acid groups is 1. The van der Waals surface area contributed by atoms with Crippen LogP contribution in [0.15, 0.2) is 36.5 Å². The van der Waals surface area contributed by atoms with E-state index in [1.807, 2.05) is 27.2 Å². The van der Waals surface area contributed by atoms with Gasteiger partial charge in [-0.2, -0.15) is 0 Å². The van der Waals surface area contributed by atoms with Gasteiger partial charge in [-0.05, 0) is 57.8 Å². The fraction of sp³-hybridized carbons (Fsp3) is 0.841. The number of hydrogen-bond acceptors (Lipinski definition) is 6. The molecule has 53 heavy (non-hydrogen) atoms. The van der Waals surface area contributed by atoms with Gasteiger partial charge >= 0.3 is 0 Å². The first kappa shape index (κ1) is 51.7. The van der Waals surface area contributed by atoms with Gasteiger partial charge in [-0.25, -0.2) is 0 Å². The zero-order chi connectivity index (χ0) is 39.3. The van der Waals surface area contributed by atoms with Crippen LogP contribution in [0.1, 0.15) is 187 Å². The smallest absolute Gasteiger partial charge is 0.268 e. The van der Waals surface area contributed by atoms with Gasteiger partial charge < -0.3 is 28.8 Å². The topological polar surface area (TPSA) is 108 Å². The van der Waals surface area contributed by atoms with Crippen LogP contribution in [-0.2, 0) is 18.4 Å². The van der Waals surface area contributed by atoms with Crippen molar-refractivity contribution in [1.29, 1.82) is 0 Å². The maximum atomic E-state index is 12.8. The lowest BCUT2D eigenvalue weighted by Gasteiger charge is -2.29. The first-order valence-corrected chi connectivity index (χ1v) is 23.3. The Morgan fingerprint density at radius 3 is 1.53 bits per heavy atom. The van der Waals surface area contributed by atoms with E-state index < -0.39 is 26.6 Å². The quantitative estimate of drug-likeness (QED) is 0.0279. The van der Waals surface area contributed by atoms with Crippen molar-refractivity contribution in [2.75, 3.05) is 40.9 Å². The number of quaternary nitrogens is 1. The van der Waals surface area contributed by atoms with Crippen LogP contribution in [0.3, 0.4) is 0 Å². The first-order valence-electron chi connectivity index (χ1n) is 21.9. The van der Waals surface area contributed by atoms with Crippen LogP contribution in [0.5, 0.6) is 0 Å². The molecule has 8 nitrogen and oxygen atoms in total. The molecular formula is C44H85N2O6P. The number of allylic oxidation sites excluding steroid dienone is 5. The first-order chi connectivity index (χ1) is 25.5. The van der Waals surface area contributed by atoms with Gasteiger partial charge in [0.25, 0.3) is 7.82 Å². The summed E-state index contributed by atoms with van der Waals surface area (Å²) in [5.41, 5.74) is 0. The highest BCUT2D eigenvalue weighted by molar-refractivity contribution is 7.45. The molecule has 312 valence electrons. The van der Waals surface area contributed by atoms with E-state index in [4.69, 9.17) is 9.05 Å². The molecule has 0 radical (unpaired) electrons. The van der Waals surface area contributed by atoms with E-state index in [9.17, 15) is 19.4 Å². The van der Waals surface area contributed by atoms with E-state index in [0.717, 1.165) is 38.5 Å². The predicted molar refractivity (Wildman–Crippen MR) is 224 cm³/mol. The lowest BCUT2D eigenvalue weighted by Crippen LogP contribution is -2.45. The van der Waals surface area contributed by atoms with Crippen LogP contribution >= 0.6 is 7.82 Å². The molecule has 1 amide bonds. The minimum atomic E-state index is -4.59. The van der Waals surface area contributed by atoms with Crippen molar-refractivity contribution in [3.63, 3.8) is 0 Å². The molecule has 0 aromatic carbocycles. The number of nitrogens with zero attached hydrogens (tertiary/aromatic N) is 1. The number of carbonyl (C=O) groups is 1. The number of unbranched alkanes of at least 4 members (excludes halogenated alkanes) is 22. The second-order valence-electron chi connectivity index (χ2n) is 16.0. The van der Waals surface area contributed by atoms with Crippen LogP contribution in [0.25, 0.3) is 0 Å². The van der Waals surface area contributed by atoms with Crippen molar-refractivity contribution >= 4 is 13.7 Å². The number of nitrogens with one attached hydrogen (secondary N) is 1. The van der Waals surface area contributed by atoms with Gasteiger partial charge in [0.1, 0.15) is 13.2 Å². The largest absolute Gasteiger partial charge is 0.756 e. The van der Waals surface area contributed by atoms with Crippen molar-refractivity contribution in [3.8, 4) is 0 Å². The molecule has 0 spiro atoms. The van der Waals surface area contributed by atoms with Crippen LogP contribution < -0.4 is 10.2 Å². The molecule has 1 unspecified atom stereocenters. The summed E-state index contributed by atoms with van der Waals surface area (Å²) in [6.07, 6.45) is 43.3. The Hall–Kier alpha value is -1.28. The zero-order valence-corrected chi connectivity index (χ0v) is 36.1. The van der Waals surface area contributed by atoms with E-state index in [-0.39, 0.29) is 12.5 Å². The summed E-state index contributed by atoms with van der Waals surface area (Å²) in [5.74, 6) is -0.212. The minimum Gasteiger partial charge on any atom is -0.756 e. The highest BCUT2D eigenvalue weighted by Gasteiger charge is 2.23. The molecule has 0 aliphatic rings. The maximum absolute atomic E-state index is 12.8. The summed E-state index contributed by atoms with van der Waals surface area (Å²) in [5, 5.41) is 13.7. The molecule has 0 aromatic heterocycles. The summed E-state index contributed by atoms with van der Waals surface area (Å²) in [7, 11) is 1.24. The molecule has 0 rings (SSSR count). The number of aliphatic hydroxyl groups is 1. The molecule has 0 fully saturated rings. The van der Waals surface area contributed by atoms with E-state index >= 15 is 0 Å². The zero-order valence-electron chi connectivity index (χ0n) is 35.2. The molecular weight excluding hydrogens is 683 g/mol. The van der Waals surface area contributed by atoms with Crippen molar-refractivity contribution in [3.05, 3.63) is 36.5 Å². The highest BCUT2D eigenvalue weighted by Crippen LogP contribution is 2.38. The Labute approximate surface area is 327 Å². The third-order valence-corrected chi connectivity index (χ3v) is 10.5. The summed E-state index contributed by atoms with van der Waals surface area (Å²) in [6.45, 7) is 4.59. The van der Waals surface area contributed by atoms with Gasteiger partial charge in [-0.1, -0.05) is 159 Å². The Morgan fingerprint density at radius 2 is 1.06 bits per heavy atom. The van der Waals surface area contributed by atoms with E-state index in [2.05, 4.69) is 43.5 Å². The minimum absolute atomic E-state index is 0.00681. The van der Waals surface area contributed by atoms with E-state index in [1.54, 1.807) is 6.08 Å². The van der Waals surface area contributed by atoms with Crippen LogP contribution in [0, 0.1) is 0 Å². The monoisotopic (exact) mass is 769 g/mol. The summed E-state index contributed by atoms with van der Waals surface area (Å²) in [4.78, 5) is 25.2. The normalized spacial score (nSPS) is 14.8. The molecule has 0 bridgehead atoms. The number of aliphatic hydroxyl groups excluding tert-OH is 1. The van der Waals surface area contributed by atoms with Crippen molar-refractivity contribution in [2.45, 2.75) is 199 Å². The number of likely N-dealkylation sites (N-methyl/N-ethyl adjacent to an activating group) is 1. The fourth-order valence-corrected chi connectivity index (χ4v) is 6.77. The number of carbonyl (C=O) groups excluding carboxylic acids is 1. The van der Waals surface area contributed by atoms with E-state index in [1.165, 1.54) is 128 Å². The van der Waals surface area contributed by atoms with Crippen LogP contribution in [-0.4, -0.2) is 68.5 Å². The van der Waals surface area contributed by atoms with Crippen molar-refractivity contribution < 1.29 is 32.9 Å². The lowest BCUT2D eigenvalue weighted by molar-refractivity contribution is -0.870. The number of amides is 1. The maximum Gasteiger partial charge on any atom is 0.268 e. The second-order valence-corrected chi connectivity index (χ2v) is 17.4. The fourth-order valence-electron chi connectivity index (χ4n) is 6.04. The molecule has 0 saturated heterocycles. The average Bonchev–Trinajstić information content (AvgIpc) is 3.10. The Kier molecular flexibility index (Phi) is 35.5. The van der Waals surface area contributed by atoms with Crippen molar-refractivity contribution in [2.24, 2.45) is 0 Å². The third kappa shape index (κ3) is 38.8. The third-order valence-electron chi connectivity index (χ3n) is 9.57. The number of phosphoric ester groups is 1. The molecule has 3 atom stereocenters. The van der Waals surface area contributed by atoms with Gasteiger partial charge in [0.2, 0.25) is 5.91 Å². The van der Waals surface area contributed by atoms with Gasteiger partial charge in [-0.15, -0.1) is 0 Å². The van der Waals surface area contributed by atoms with Gasteiger partial charge in [0.05, 0.1) is 39.9 Å². The highest BCUT2D eigenvalue weighted by atomic mass is 31.2. The standard InChI is InChI=1S/C44H85N2O6P/c1-6-8-10-12-14-16-18-20-21-22-23-24-25-26-28-30-32-34-36-38-44(48)45-42(41-52-53(49,50)51-40-39-46(3,4)5)43(47)37-35-33-31-29-27-19-17-15-13-11-9-7-2/h20-21,27,29,35,37,42-43,47H,6-19,22-26,28,30-34,36,38-41H2,1-5H3,(H-,45,48,49,50)/b21-20+,29-27+,37-35+/t42-,43+/m0/s1. The molecule has 0 aliphatic carbocycles. The Bertz CT molecular complexity index is 964. The molecule has 2 N–H and O–H groups in total. The summed E-state index contributed by atoms with van der Waals surface area (Å²) in [6, 6.07) is -0.901. The van der Waals surface area contributed by atoms with E-state index in [0.29, 0.717) is 17.4 Å². The SMILES string of the molecule is CCCCCCCC/C=C/CC/C=C/[C@@H](O)[C@H](COP(=O)([O-])OCC[N+](C)(C)C)NC(=O)CCCCCCCCCCC/C=C/CCCCCCCC. The molecule has 0 aliphatic heterocycles. The molecule has 0 heterocycles. The number of rotatable bonds is 39. The molecule has 0 saturated carbocycles. The van der Waals surface area contributed by atoms with Gasteiger partial charge in [-0.3, -0.25) is 9.36 Å². The second kappa shape index (κ2) is 36.4. The van der Waals surface area contributed by atoms with Gasteiger partial charge in [0.15, 0.2) is 0 Å².